The molecule has 0 saturated carbocycles. The fourth-order valence-corrected chi connectivity index (χ4v) is 2.87. The molecule has 2 saturated heterocycles. The third-order valence-corrected chi connectivity index (χ3v) is 4.00. The van der Waals surface area contributed by atoms with Gasteiger partial charge in [0.15, 0.2) is 0 Å². The number of rotatable bonds is 2. The van der Waals surface area contributed by atoms with E-state index in [1.807, 2.05) is 4.90 Å². The van der Waals surface area contributed by atoms with Gasteiger partial charge in [-0.15, -0.1) is 0 Å². The Kier molecular flexibility index (Phi) is 4.40. The van der Waals surface area contributed by atoms with Gasteiger partial charge in [0, 0.05) is 26.2 Å². The Labute approximate surface area is 104 Å². The van der Waals surface area contributed by atoms with E-state index in [0.717, 1.165) is 32.4 Å². The van der Waals surface area contributed by atoms with Crippen LogP contribution in [0.2, 0.25) is 0 Å². The van der Waals surface area contributed by atoms with Gasteiger partial charge in [0.05, 0.1) is 12.1 Å². The van der Waals surface area contributed by atoms with E-state index >= 15 is 0 Å². The molecule has 1 amide bonds. The van der Waals surface area contributed by atoms with E-state index in [-0.39, 0.29) is 6.04 Å². The molecule has 0 radical (unpaired) electrons. The lowest BCUT2D eigenvalue weighted by molar-refractivity contribution is -0.136. The lowest BCUT2D eigenvalue weighted by atomic mass is 9.97. The molecule has 2 fully saturated rings. The molecule has 0 aromatic rings. The number of carbonyl (C=O) groups excluding carboxylic acids is 1. The molecule has 2 atom stereocenters. The number of amides is 1. The first-order valence-electron chi connectivity index (χ1n) is 6.78. The Morgan fingerprint density at radius 3 is 2.53 bits per heavy atom. The molecule has 0 spiro atoms. The molecule has 0 aromatic heterocycles. The maximum absolute atomic E-state index is 12.3. The van der Waals surface area contributed by atoms with E-state index < -0.39 is 0 Å². The van der Waals surface area contributed by atoms with E-state index in [0.29, 0.717) is 18.1 Å². The van der Waals surface area contributed by atoms with Gasteiger partial charge >= 0.3 is 0 Å². The summed E-state index contributed by atoms with van der Waals surface area (Å²) in [7, 11) is 1.76. The normalized spacial score (nSPS) is 31.5. The summed E-state index contributed by atoms with van der Waals surface area (Å²) in [6.45, 7) is 3.87. The largest absolute Gasteiger partial charge is 0.381 e. The van der Waals surface area contributed by atoms with E-state index in [4.69, 9.17) is 4.74 Å². The third kappa shape index (κ3) is 3.19. The number of hydrogen-bond donors (Lipinski definition) is 1. The van der Waals surface area contributed by atoms with Gasteiger partial charge in [-0.1, -0.05) is 0 Å². The maximum atomic E-state index is 12.3. The first-order chi connectivity index (χ1) is 8.20. The molecule has 98 valence electrons. The van der Waals surface area contributed by atoms with Crippen LogP contribution >= 0.6 is 0 Å². The predicted octanol–water partition coefficient (Wildman–Crippen LogP) is 1.15. The van der Waals surface area contributed by atoms with Crippen LogP contribution in [0.5, 0.6) is 0 Å². The van der Waals surface area contributed by atoms with Gasteiger partial charge in [0.2, 0.25) is 5.91 Å². The summed E-state index contributed by atoms with van der Waals surface area (Å²) in [5.41, 5.74) is 0. The monoisotopic (exact) mass is 240 g/mol. The fourth-order valence-electron chi connectivity index (χ4n) is 2.87. The van der Waals surface area contributed by atoms with Crippen molar-refractivity contribution in [2.24, 2.45) is 0 Å². The lowest BCUT2D eigenvalue weighted by Crippen LogP contribution is -2.53. The van der Waals surface area contributed by atoms with Crippen molar-refractivity contribution in [3.8, 4) is 0 Å². The molecule has 0 aromatic carbocycles. The molecule has 2 rings (SSSR count). The zero-order valence-corrected chi connectivity index (χ0v) is 10.9. The lowest BCUT2D eigenvalue weighted by Gasteiger charge is -2.36. The molecule has 0 aliphatic carbocycles. The smallest absolute Gasteiger partial charge is 0.239 e. The van der Waals surface area contributed by atoms with Gasteiger partial charge in [-0.3, -0.25) is 4.79 Å². The second kappa shape index (κ2) is 5.83. The quantitative estimate of drug-likeness (QED) is 0.787. The Morgan fingerprint density at radius 2 is 1.94 bits per heavy atom. The van der Waals surface area contributed by atoms with E-state index in [9.17, 15) is 4.79 Å². The number of carbonyl (C=O) groups is 1. The first kappa shape index (κ1) is 12.8. The summed E-state index contributed by atoms with van der Waals surface area (Å²) >= 11 is 0. The van der Waals surface area contributed by atoms with E-state index in [2.05, 4.69) is 12.2 Å². The first-order valence-corrected chi connectivity index (χ1v) is 6.78. The fraction of sp³-hybridized carbons (Fsp3) is 0.923. The van der Waals surface area contributed by atoms with Gasteiger partial charge in [0.25, 0.3) is 0 Å². The molecular formula is C13H24N2O2. The SMILES string of the molecule is COC1CCN(C(=O)C2CCCC(C)N2)CC1. The van der Waals surface area contributed by atoms with E-state index in [1.54, 1.807) is 7.11 Å². The highest BCUT2D eigenvalue weighted by molar-refractivity contribution is 5.82. The topological polar surface area (TPSA) is 41.6 Å². The third-order valence-electron chi connectivity index (χ3n) is 4.00. The van der Waals surface area contributed by atoms with Crippen LogP contribution in [-0.2, 0) is 9.53 Å². The van der Waals surface area contributed by atoms with Crippen molar-refractivity contribution in [3.05, 3.63) is 0 Å². The number of ether oxygens (including phenoxy) is 1. The van der Waals surface area contributed by atoms with Crippen molar-refractivity contribution < 1.29 is 9.53 Å². The Bertz CT molecular complexity index is 262. The zero-order valence-electron chi connectivity index (χ0n) is 10.9. The Morgan fingerprint density at radius 1 is 1.24 bits per heavy atom. The van der Waals surface area contributed by atoms with Crippen LogP contribution in [0.4, 0.5) is 0 Å². The van der Waals surface area contributed by atoms with Crippen molar-refractivity contribution in [2.45, 2.75) is 57.2 Å². The number of methoxy groups -OCH3 is 1. The molecular weight excluding hydrogens is 216 g/mol. The van der Waals surface area contributed by atoms with Crippen LogP contribution in [-0.4, -0.2) is 49.2 Å². The highest BCUT2D eigenvalue weighted by Gasteiger charge is 2.30. The molecule has 2 heterocycles. The number of nitrogens with one attached hydrogen (secondary N) is 1. The highest BCUT2D eigenvalue weighted by Crippen LogP contribution is 2.18. The summed E-state index contributed by atoms with van der Waals surface area (Å²) < 4.78 is 5.33. The second-order valence-corrected chi connectivity index (χ2v) is 5.31. The molecule has 2 aliphatic heterocycles. The average Bonchev–Trinajstić information content (AvgIpc) is 2.38. The van der Waals surface area contributed by atoms with Crippen molar-refractivity contribution in [1.82, 2.24) is 10.2 Å². The molecule has 17 heavy (non-hydrogen) atoms. The van der Waals surface area contributed by atoms with Crippen LogP contribution < -0.4 is 5.32 Å². The van der Waals surface area contributed by atoms with Gasteiger partial charge in [-0.05, 0) is 39.0 Å². The summed E-state index contributed by atoms with van der Waals surface area (Å²) in [6, 6.07) is 0.534. The maximum Gasteiger partial charge on any atom is 0.239 e. The van der Waals surface area contributed by atoms with Gasteiger partial charge in [0.1, 0.15) is 0 Å². The highest BCUT2D eigenvalue weighted by atomic mass is 16.5. The predicted molar refractivity (Wildman–Crippen MR) is 66.8 cm³/mol. The van der Waals surface area contributed by atoms with Crippen LogP contribution in [0, 0.1) is 0 Å². The van der Waals surface area contributed by atoms with Gasteiger partial charge in [-0.25, -0.2) is 0 Å². The molecule has 2 unspecified atom stereocenters. The van der Waals surface area contributed by atoms with Gasteiger partial charge < -0.3 is 15.0 Å². The van der Waals surface area contributed by atoms with E-state index in [1.165, 1.54) is 12.8 Å². The minimum atomic E-state index is 0.0536. The van der Waals surface area contributed by atoms with Crippen molar-refractivity contribution in [1.29, 1.82) is 0 Å². The number of likely N-dealkylation sites (tertiary alicyclic amines) is 1. The van der Waals surface area contributed by atoms with Crippen molar-refractivity contribution >= 4 is 5.91 Å². The standard InChI is InChI=1S/C13H24N2O2/c1-10-4-3-5-12(14-10)13(16)15-8-6-11(17-2)7-9-15/h10-12,14H,3-9H2,1-2H3. The minimum absolute atomic E-state index is 0.0536. The van der Waals surface area contributed by atoms with Crippen LogP contribution in [0.25, 0.3) is 0 Å². The summed E-state index contributed by atoms with van der Waals surface area (Å²) in [5, 5.41) is 3.42. The summed E-state index contributed by atoms with van der Waals surface area (Å²) in [5.74, 6) is 0.297. The van der Waals surface area contributed by atoms with Gasteiger partial charge in [-0.2, -0.15) is 0 Å². The Hall–Kier alpha value is -0.610. The molecule has 1 N–H and O–H groups in total. The summed E-state index contributed by atoms with van der Waals surface area (Å²) in [6.07, 6.45) is 5.65. The minimum Gasteiger partial charge on any atom is -0.381 e. The molecule has 2 aliphatic rings. The van der Waals surface area contributed by atoms with Crippen LogP contribution in [0.15, 0.2) is 0 Å². The Balaban J connectivity index is 1.83. The van der Waals surface area contributed by atoms with Crippen LogP contribution in [0.3, 0.4) is 0 Å². The number of hydrogen-bond acceptors (Lipinski definition) is 3. The summed E-state index contributed by atoms with van der Waals surface area (Å²) in [4.78, 5) is 14.3. The zero-order chi connectivity index (χ0) is 12.3. The average molecular weight is 240 g/mol. The van der Waals surface area contributed by atoms with Crippen LogP contribution in [0.1, 0.15) is 39.0 Å². The number of nitrogens with zero attached hydrogens (tertiary/aromatic N) is 1. The van der Waals surface area contributed by atoms with Crippen molar-refractivity contribution in [3.63, 3.8) is 0 Å². The molecule has 0 bridgehead atoms. The molecule has 4 heteroatoms. The molecule has 4 nitrogen and oxygen atoms in total. The van der Waals surface area contributed by atoms with Crippen molar-refractivity contribution in [2.75, 3.05) is 20.2 Å². The second-order valence-electron chi connectivity index (χ2n) is 5.31. The number of piperidine rings is 2.